The van der Waals surface area contributed by atoms with Gasteiger partial charge in [0.25, 0.3) is 5.91 Å². The molecule has 0 aliphatic rings. The highest BCUT2D eigenvalue weighted by Crippen LogP contribution is 2.29. The van der Waals surface area contributed by atoms with E-state index >= 15 is 0 Å². The molecule has 5 nitrogen and oxygen atoms in total. The maximum Gasteiger partial charge on any atom is 0.416 e. The number of carbonyl (C=O) groups is 1. The summed E-state index contributed by atoms with van der Waals surface area (Å²) in [6.07, 6.45) is -3.72. The minimum Gasteiger partial charge on any atom is -0.347 e. The van der Waals surface area contributed by atoms with E-state index in [1.807, 2.05) is 0 Å². The van der Waals surface area contributed by atoms with E-state index in [-0.39, 0.29) is 27.8 Å². The molecule has 0 saturated heterocycles. The quantitative estimate of drug-likeness (QED) is 0.824. The lowest BCUT2D eigenvalue weighted by molar-refractivity contribution is -0.137. The molecule has 0 aliphatic heterocycles. The van der Waals surface area contributed by atoms with Crippen molar-refractivity contribution in [2.45, 2.75) is 24.5 Å². The van der Waals surface area contributed by atoms with Crippen LogP contribution in [0.25, 0.3) is 0 Å². The smallest absolute Gasteiger partial charge is 0.347 e. The Hall–Kier alpha value is -2.13. The van der Waals surface area contributed by atoms with E-state index in [0.717, 1.165) is 12.3 Å². The average molecular weight is 407 g/mol. The number of amides is 1. The van der Waals surface area contributed by atoms with E-state index in [0.29, 0.717) is 6.07 Å². The Morgan fingerprint density at radius 2 is 1.92 bits per heavy atom. The summed E-state index contributed by atoms with van der Waals surface area (Å²) in [6.45, 7) is 1.24. The Kier molecular flexibility index (Phi) is 5.92. The number of rotatable bonds is 5. The second-order valence-corrected chi connectivity index (χ2v) is 7.95. The van der Waals surface area contributed by atoms with Crippen LogP contribution in [0, 0.1) is 0 Å². The van der Waals surface area contributed by atoms with Crippen molar-refractivity contribution in [3.05, 3.63) is 58.4 Å². The van der Waals surface area contributed by atoms with Crippen LogP contribution in [0.5, 0.6) is 0 Å². The number of hydrogen-bond donors (Lipinski definition) is 1. The molecular weight excluding hydrogens is 393 g/mol. The highest BCUT2D eigenvalue weighted by Gasteiger charge is 2.31. The Morgan fingerprint density at radius 1 is 1.23 bits per heavy atom. The van der Waals surface area contributed by atoms with Gasteiger partial charge in [-0.3, -0.25) is 9.78 Å². The largest absolute Gasteiger partial charge is 0.416 e. The maximum atomic E-state index is 12.7. The van der Waals surface area contributed by atoms with Crippen molar-refractivity contribution in [2.24, 2.45) is 0 Å². The first-order chi connectivity index (χ1) is 12.0. The summed E-state index contributed by atoms with van der Waals surface area (Å²) in [4.78, 5) is 15.7. The minimum absolute atomic E-state index is 0.00158. The Bertz CT molecular complexity index is 931. The fourth-order valence-electron chi connectivity index (χ4n) is 2.14. The van der Waals surface area contributed by atoms with Gasteiger partial charge in [-0.25, -0.2) is 8.42 Å². The van der Waals surface area contributed by atoms with E-state index in [1.54, 1.807) is 0 Å². The Labute approximate surface area is 153 Å². The summed E-state index contributed by atoms with van der Waals surface area (Å²) in [6, 6.07) is 5.48. The highest BCUT2D eigenvalue weighted by atomic mass is 35.5. The fourth-order valence-corrected chi connectivity index (χ4v) is 3.45. The van der Waals surface area contributed by atoms with Crippen LogP contribution in [0.2, 0.25) is 5.02 Å². The third kappa shape index (κ3) is 4.73. The number of alkyl halides is 3. The van der Waals surface area contributed by atoms with Gasteiger partial charge in [0.05, 0.1) is 16.2 Å². The van der Waals surface area contributed by atoms with Gasteiger partial charge < -0.3 is 5.32 Å². The summed E-state index contributed by atoms with van der Waals surface area (Å²) in [5.74, 6) is -1.01. The standard InChI is InChI=1S/C16H14ClF3N2O3S/c1-2-26(24,25)14-4-3-12(17)7-10(14)9-22-15(23)13-8-11(5-6-21-13)16(18,19)20/h3-8H,2,9H2,1H3,(H,22,23). The number of benzene rings is 1. The monoisotopic (exact) mass is 406 g/mol. The van der Waals surface area contributed by atoms with Crippen LogP contribution in [-0.4, -0.2) is 25.1 Å². The summed E-state index contributed by atoms with van der Waals surface area (Å²) >= 11 is 5.87. The first kappa shape index (κ1) is 20.2. The van der Waals surface area contributed by atoms with Crippen LogP contribution in [0.15, 0.2) is 41.4 Å². The van der Waals surface area contributed by atoms with Crippen molar-refractivity contribution in [2.75, 3.05) is 5.75 Å². The maximum absolute atomic E-state index is 12.7. The van der Waals surface area contributed by atoms with Crippen LogP contribution in [0.4, 0.5) is 13.2 Å². The van der Waals surface area contributed by atoms with Gasteiger partial charge in [0, 0.05) is 17.8 Å². The van der Waals surface area contributed by atoms with Crippen molar-refractivity contribution in [1.82, 2.24) is 10.3 Å². The molecule has 26 heavy (non-hydrogen) atoms. The molecule has 1 N–H and O–H groups in total. The second-order valence-electron chi connectivity index (χ2n) is 5.27. The molecule has 140 valence electrons. The van der Waals surface area contributed by atoms with Crippen LogP contribution in [0.3, 0.4) is 0 Å². The highest BCUT2D eigenvalue weighted by molar-refractivity contribution is 7.91. The molecule has 10 heteroatoms. The van der Waals surface area contributed by atoms with Gasteiger partial charge in [0.1, 0.15) is 5.69 Å². The third-order valence-electron chi connectivity index (χ3n) is 3.50. The van der Waals surface area contributed by atoms with Crippen molar-refractivity contribution in [1.29, 1.82) is 0 Å². The van der Waals surface area contributed by atoms with Crippen LogP contribution < -0.4 is 5.32 Å². The normalized spacial score (nSPS) is 12.0. The number of carbonyl (C=O) groups excluding carboxylic acids is 1. The Morgan fingerprint density at radius 3 is 2.54 bits per heavy atom. The summed E-state index contributed by atoms with van der Waals surface area (Å²) in [5.41, 5.74) is -1.20. The minimum atomic E-state index is -4.60. The lowest BCUT2D eigenvalue weighted by Crippen LogP contribution is -2.25. The molecule has 2 rings (SSSR count). The third-order valence-corrected chi connectivity index (χ3v) is 5.56. The zero-order valence-electron chi connectivity index (χ0n) is 13.5. The van der Waals surface area contributed by atoms with Crippen molar-refractivity contribution < 1.29 is 26.4 Å². The number of pyridine rings is 1. The number of sulfone groups is 1. The molecule has 0 unspecified atom stereocenters. The van der Waals surface area contributed by atoms with Gasteiger partial charge in [-0.2, -0.15) is 13.2 Å². The van der Waals surface area contributed by atoms with Crippen molar-refractivity contribution in [3.8, 4) is 0 Å². The molecule has 1 amide bonds. The SMILES string of the molecule is CCS(=O)(=O)c1ccc(Cl)cc1CNC(=O)c1cc(C(F)(F)F)ccn1. The van der Waals surface area contributed by atoms with E-state index in [9.17, 15) is 26.4 Å². The number of aromatic nitrogens is 1. The molecule has 0 spiro atoms. The molecule has 2 aromatic rings. The summed E-state index contributed by atoms with van der Waals surface area (Å²) in [7, 11) is -3.56. The predicted molar refractivity (Wildman–Crippen MR) is 89.6 cm³/mol. The molecule has 0 atom stereocenters. The van der Waals surface area contributed by atoms with Gasteiger partial charge in [-0.15, -0.1) is 0 Å². The molecule has 1 heterocycles. The zero-order chi connectivity index (χ0) is 19.5. The summed E-state index contributed by atoms with van der Waals surface area (Å²) < 4.78 is 62.3. The van der Waals surface area contributed by atoms with Gasteiger partial charge in [-0.05, 0) is 35.9 Å². The van der Waals surface area contributed by atoms with Crippen molar-refractivity contribution in [3.63, 3.8) is 0 Å². The second kappa shape index (κ2) is 7.63. The Balaban J connectivity index is 2.24. The molecule has 1 aromatic carbocycles. The van der Waals surface area contributed by atoms with E-state index in [2.05, 4.69) is 10.3 Å². The van der Waals surface area contributed by atoms with Crippen LogP contribution in [-0.2, 0) is 22.6 Å². The van der Waals surface area contributed by atoms with Crippen molar-refractivity contribution >= 4 is 27.3 Å². The number of nitrogens with zero attached hydrogens (tertiary/aromatic N) is 1. The number of hydrogen-bond acceptors (Lipinski definition) is 4. The van der Waals surface area contributed by atoms with Gasteiger partial charge in [0.2, 0.25) is 0 Å². The predicted octanol–water partition coefficient (Wildman–Crippen LogP) is 3.48. The van der Waals surface area contributed by atoms with Gasteiger partial charge >= 0.3 is 6.18 Å². The van der Waals surface area contributed by atoms with E-state index in [4.69, 9.17) is 11.6 Å². The lowest BCUT2D eigenvalue weighted by atomic mass is 10.2. The number of nitrogens with one attached hydrogen (secondary N) is 1. The molecule has 0 radical (unpaired) electrons. The lowest BCUT2D eigenvalue weighted by Gasteiger charge is -2.12. The van der Waals surface area contributed by atoms with E-state index in [1.165, 1.54) is 25.1 Å². The first-order valence-electron chi connectivity index (χ1n) is 7.37. The summed E-state index contributed by atoms with van der Waals surface area (Å²) in [5, 5.41) is 2.63. The van der Waals surface area contributed by atoms with Crippen LogP contribution in [0.1, 0.15) is 28.5 Å². The molecule has 0 bridgehead atoms. The molecule has 0 aliphatic carbocycles. The molecule has 0 fully saturated rings. The zero-order valence-corrected chi connectivity index (χ0v) is 15.0. The fraction of sp³-hybridized carbons (Fsp3) is 0.250. The molecule has 0 saturated carbocycles. The topological polar surface area (TPSA) is 76.1 Å². The first-order valence-corrected chi connectivity index (χ1v) is 9.40. The van der Waals surface area contributed by atoms with Crippen LogP contribution >= 0.6 is 11.6 Å². The molecule has 1 aromatic heterocycles. The number of halogens is 4. The van der Waals surface area contributed by atoms with Gasteiger partial charge in [0.15, 0.2) is 9.84 Å². The molecular formula is C16H14ClF3N2O3S. The van der Waals surface area contributed by atoms with Gasteiger partial charge in [-0.1, -0.05) is 18.5 Å². The van der Waals surface area contributed by atoms with E-state index < -0.39 is 33.2 Å². The average Bonchev–Trinajstić information content (AvgIpc) is 2.59.